The van der Waals surface area contributed by atoms with Gasteiger partial charge in [0.2, 0.25) is 10.0 Å². The van der Waals surface area contributed by atoms with E-state index < -0.39 is 10.0 Å². The highest BCUT2D eigenvalue weighted by atomic mass is 35.5. The number of rotatable bonds is 5. The van der Waals surface area contributed by atoms with E-state index in [9.17, 15) is 8.42 Å². The zero-order chi connectivity index (χ0) is 17.9. The van der Waals surface area contributed by atoms with Crippen LogP contribution < -0.4 is 5.32 Å². The third-order valence-electron chi connectivity index (χ3n) is 4.32. The normalized spacial score (nSPS) is 18.3. The first-order valence-electron chi connectivity index (χ1n) is 8.09. The molecule has 0 bridgehead atoms. The maximum Gasteiger partial charge on any atom is 0.244 e. The van der Waals surface area contributed by atoms with Crippen molar-refractivity contribution in [1.82, 2.24) is 9.62 Å². The van der Waals surface area contributed by atoms with Crippen molar-refractivity contribution >= 4 is 34.0 Å². The number of piperazine rings is 1. The fraction of sp³-hybridized carbons (Fsp3) is 0.333. The number of methoxy groups -OCH3 is 1. The maximum atomic E-state index is 13.4. The zero-order valence-electron chi connectivity index (χ0n) is 14.4. The second-order valence-electron chi connectivity index (χ2n) is 5.90. The van der Waals surface area contributed by atoms with Gasteiger partial charge in [0.1, 0.15) is 0 Å². The standard InChI is InChI=1S/C18H21ClN2O3S.ClH/c1-24-13-14-6-2-5-9-18(14)25(22,23)21-11-10-20-12-17(21)15-7-3-4-8-16(15)19;/h2-9,17,20H,10-13H2,1H3;1H. The van der Waals surface area contributed by atoms with Crippen LogP contribution in [0.5, 0.6) is 0 Å². The van der Waals surface area contributed by atoms with Crippen molar-refractivity contribution in [3.63, 3.8) is 0 Å². The van der Waals surface area contributed by atoms with Crippen LogP contribution in [0.3, 0.4) is 0 Å². The van der Waals surface area contributed by atoms with Crippen molar-refractivity contribution in [3.05, 3.63) is 64.7 Å². The van der Waals surface area contributed by atoms with Gasteiger partial charge >= 0.3 is 0 Å². The van der Waals surface area contributed by atoms with E-state index in [1.807, 2.05) is 24.3 Å². The van der Waals surface area contributed by atoms with Crippen molar-refractivity contribution in [2.24, 2.45) is 0 Å². The Morgan fingerprint density at radius 2 is 1.88 bits per heavy atom. The minimum Gasteiger partial charge on any atom is -0.380 e. The lowest BCUT2D eigenvalue weighted by Crippen LogP contribution is -2.48. The molecule has 3 rings (SSSR count). The van der Waals surface area contributed by atoms with Gasteiger partial charge in [-0.05, 0) is 23.3 Å². The molecule has 1 unspecified atom stereocenters. The van der Waals surface area contributed by atoms with Gasteiger partial charge in [0.05, 0.1) is 17.5 Å². The molecular weight excluding hydrogens is 395 g/mol. The quantitative estimate of drug-likeness (QED) is 0.812. The lowest BCUT2D eigenvalue weighted by molar-refractivity contribution is 0.182. The Bertz CT molecular complexity index is 846. The predicted molar refractivity (Wildman–Crippen MR) is 105 cm³/mol. The number of nitrogens with one attached hydrogen (secondary N) is 1. The van der Waals surface area contributed by atoms with Gasteiger partial charge in [0, 0.05) is 31.8 Å². The summed E-state index contributed by atoms with van der Waals surface area (Å²) in [7, 11) is -2.12. The lowest BCUT2D eigenvalue weighted by Gasteiger charge is -2.36. The monoisotopic (exact) mass is 416 g/mol. The summed E-state index contributed by atoms with van der Waals surface area (Å²) in [5.41, 5.74) is 1.46. The fourth-order valence-electron chi connectivity index (χ4n) is 3.14. The molecule has 2 aromatic rings. The van der Waals surface area contributed by atoms with E-state index in [1.165, 1.54) is 0 Å². The van der Waals surface area contributed by atoms with Crippen LogP contribution in [-0.2, 0) is 21.4 Å². The Balaban J connectivity index is 0.00000243. The molecule has 0 aliphatic carbocycles. The molecule has 0 amide bonds. The molecule has 1 fully saturated rings. The molecule has 1 atom stereocenters. The Morgan fingerprint density at radius 1 is 1.19 bits per heavy atom. The summed E-state index contributed by atoms with van der Waals surface area (Å²) < 4.78 is 33.5. The molecular formula is C18H22Cl2N2O3S. The van der Waals surface area contributed by atoms with E-state index in [-0.39, 0.29) is 30.0 Å². The summed E-state index contributed by atoms with van der Waals surface area (Å²) in [6, 6.07) is 14.0. The van der Waals surface area contributed by atoms with Gasteiger partial charge < -0.3 is 10.1 Å². The third-order valence-corrected chi connectivity index (χ3v) is 6.67. The number of benzene rings is 2. The van der Waals surface area contributed by atoms with Crippen LogP contribution >= 0.6 is 24.0 Å². The molecule has 0 aromatic heterocycles. The van der Waals surface area contributed by atoms with Crippen LogP contribution in [0, 0.1) is 0 Å². The highest BCUT2D eigenvalue weighted by Crippen LogP contribution is 2.33. The van der Waals surface area contributed by atoms with Crippen molar-refractivity contribution < 1.29 is 13.2 Å². The summed E-state index contributed by atoms with van der Waals surface area (Å²) >= 11 is 6.33. The van der Waals surface area contributed by atoms with Crippen LogP contribution in [0.4, 0.5) is 0 Å². The third kappa shape index (κ3) is 4.22. The van der Waals surface area contributed by atoms with Gasteiger partial charge in [0.25, 0.3) is 0 Å². The number of hydrogen-bond acceptors (Lipinski definition) is 4. The van der Waals surface area contributed by atoms with Gasteiger partial charge in [0.15, 0.2) is 0 Å². The molecule has 1 aliphatic heterocycles. The Hall–Kier alpha value is -1.15. The molecule has 142 valence electrons. The smallest absolute Gasteiger partial charge is 0.244 e. The largest absolute Gasteiger partial charge is 0.380 e. The van der Waals surface area contributed by atoms with Gasteiger partial charge in [-0.1, -0.05) is 48.0 Å². The Morgan fingerprint density at radius 3 is 2.62 bits per heavy atom. The summed E-state index contributed by atoms with van der Waals surface area (Å²) in [5, 5.41) is 3.84. The van der Waals surface area contributed by atoms with Crippen molar-refractivity contribution in [2.45, 2.75) is 17.5 Å². The van der Waals surface area contributed by atoms with E-state index in [0.717, 1.165) is 5.56 Å². The first-order valence-corrected chi connectivity index (χ1v) is 9.91. The number of sulfonamides is 1. The average Bonchev–Trinajstić information content (AvgIpc) is 2.63. The predicted octanol–water partition coefficient (Wildman–Crippen LogP) is 3.24. The molecule has 1 heterocycles. The molecule has 8 heteroatoms. The second-order valence-corrected chi connectivity index (χ2v) is 8.16. The van der Waals surface area contributed by atoms with Crippen LogP contribution in [-0.4, -0.2) is 39.5 Å². The minimum absolute atomic E-state index is 0. The first kappa shape index (κ1) is 21.2. The minimum atomic E-state index is -3.67. The zero-order valence-corrected chi connectivity index (χ0v) is 16.8. The molecule has 5 nitrogen and oxygen atoms in total. The lowest BCUT2D eigenvalue weighted by atomic mass is 10.1. The van der Waals surface area contributed by atoms with Crippen molar-refractivity contribution in [2.75, 3.05) is 26.7 Å². The highest BCUT2D eigenvalue weighted by Gasteiger charge is 2.36. The fourth-order valence-corrected chi connectivity index (χ4v) is 5.22. The maximum absolute atomic E-state index is 13.4. The first-order chi connectivity index (χ1) is 12.1. The number of ether oxygens (including phenoxy) is 1. The SMILES string of the molecule is COCc1ccccc1S(=O)(=O)N1CCNCC1c1ccccc1Cl.Cl. The van der Waals surface area contributed by atoms with E-state index in [4.69, 9.17) is 16.3 Å². The summed E-state index contributed by atoms with van der Waals surface area (Å²) in [4.78, 5) is 0.288. The van der Waals surface area contributed by atoms with Crippen LogP contribution in [0.2, 0.25) is 5.02 Å². The molecule has 1 saturated heterocycles. The Labute approximate surface area is 165 Å². The van der Waals surface area contributed by atoms with E-state index in [0.29, 0.717) is 30.2 Å². The van der Waals surface area contributed by atoms with Gasteiger partial charge in [-0.25, -0.2) is 8.42 Å². The molecule has 1 aliphatic rings. The summed E-state index contributed by atoms with van der Waals surface area (Å²) in [6.45, 7) is 1.76. The molecule has 26 heavy (non-hydrogen) atoms. The Kier molecular flexibility index (Phi) is 7.46. The highest BCUT2D eigenvalue weighted by molar-refractivity contribution is 7.89. The summed E-state index contributed by atoms with van der Waals surface area (Å²) in [6.07, 6.45) is 0. The number of hydrogen-bond donors (Lipinski definition) is 1. The van der Waals surface area contributed by atoms with Crippen LogP contribution in [0.15, 0.2) is 53.4 Å². The molecule has 0 radical (unpaired) electrons. The van der Waals surface area contributed by atoms with E-state index in [2.05, 4.69) is 5.32 Å². The molecule has 2 aromatic carbocycles. The van der Waals surface area contributed by atoms with Crippen molar-refractivity contribution in [1.29, 1.82) is 0 Å². The second kappa shape index (κ2) is 9.17. The number of halogens is 2. The number of nitrogens with zero attached hydrogens (tertiary/aromatic N) is 1. The summed E-state index contributed by atoms with van der Waals surface area (Å²) in [5.74, 6) is 0. The van der Waals surface area contributed by atoms with Crippen LogP contribution in [0.25, 0.3) is 0 Å². The molecule has 0 spiro atoms. The van der Waals surface area contributed by atoms with Crippen molar-refractivity contribution in [3.8, 4) is 0 Å². The van der Waals surface area contributed by atoms with E-state index in [1.54, 1.807) is 35.7 Å². The van der Waals surface area contributed by atoms with Gasteiger partial charge in [-0.3, -0.25) is 0 Å². The molecule has 1 N–H and O–H groups in total. The van der Waals surface area contributed by atoms with Gasteiger partial charge in [-0.15, -0.1) is 12.4 Å². The topological polar surface area (TPSA) is 58.6 Å². The molecule has 0 saturated carbocycles. The average molecular weight is 417 g/mol. The van der Waals surface area contributed by atoms with Gasteiger partial charge in [-0.2, -0.15) is 4.31 Å². The van der Waals surface area contributed by atoms with Crippen LogP contribution in [0.1, 0.15) is 17.2 Å². The van der Waals surface area contributed by atoms with E-state index >= 15 is 0 Å².